The fourth-order valence-electron chi connectivity index (χ4n) is 2.64. The number of hydrogen-bond donors (Lipinski definition) is 2. The molecule has 0 aliphatic rings. The summed E-state index contributed by atoms with van der Waals surface area (Å²) in [6, 6.07) is 6.52. The predicted molar refractivity (Wildman–Crippen MR) is 95.6 cm³/mol. The molecule has 2 amide bonds. The van der Waals surface area contributed by atoms with Crippen LogP contribution >= 0.6 is 0 Å². The summed E-state index contributed by atoms with van der Waals surface area (Å²) in [5.74, 6) is 1.32. The molecule has 0 radical (unpaired) electrons. The summed E-state index contributed by atoms with van der Waals surface area (Å²) in [5.41, 5.74) is 1.33. The first-order valence-electron chi connectivity index (χ1n) is 8.35. The Balaban J connectivity index is 2.14. The molecule has 25 heavy (non-hydrogen) atoms. The van der Waals surface area contributed by atoms with E-state index in [0.29, 0.717) is 23.7 Å². The van der Waals surface area contributed by atoms with Gasteiger partial charge in [-0.25, -0.2) is 9.67 Å². The molecule has 0 fully saturated rings. The summed E-state index contributed by atoms with van der Waals surface area (Å²) >= 11 is 0. The molecule has 0 spiro atoms. The number of amides is 2. The van der Waals surface area contributed by atoms with E-state index in [1.165, 1.54) is 0 Å². The van der Waals surface area contributed by atoms with Crippen molar-refractivity contribution in [1.29, 1.82) is 0 Å². The number of likely N-dealkylation sites (N-methyl/N-ethyl adjacent to an activating group) is 1. The molecule has 1 atom stereocenters. The predicted octanol–water partition coefficient (Wildman–Crippen LogP) is 1.77. The molecule has 2 N–H and O–H groups in total. The van der Waals surface area contributed by atoms with Gasteiger partial charge >= 0.3 is 0 Å². The molecule has 7 heteroatoms. The molecule has 0 aliphatic carbocycles. The largest absolute Gasteiger partial charge is 0.357 e. The van der Waals surface area contributed by atoms with Gasteiger partial charge in [-0.05, 0) is 50.5 Å². The molecule has 0 aliphatic heterocycles. The number of benzene rings is 1. The first-order chi connectivity index (χ1) is 11.8. The molecule has 0 saturated heterocycles. The van der Waals surface area contributed by atoms with E-state index in [2.05, 4.69) is 20.7 Å². The zero-order valence-corrected chi connectivity index (χ0v) is 15.3. The Morgan fingerprint density at radius 3 is 2.28 bits per heavy atom. The average molecular weight is 343 g/mol. The zero-order valence-electron chi connectivity index (χ0n) is 15.3. The van der Waals surface area contributed by atoms with E-state index in [0.717, 1.165) is 11.5 Å². The van der Waals surface area contributed by atoms with Gasteiger partial charge < -0.3 is 10.6 Å². The van der Waals surface area contributed by atoms with Crippen molar-refractivity contribution in [1.82, 2.24) is 25.4 Å². The van der Waals surface area contributed by atoms with Crippen LogP contribution in [0.5, 0.6) is 0 Å². The molecule has 2 aromatic rings. The standard InChI is InChI=1S/C18H25N5O2/c1-11(2)10-16(18(25)19-5)21-17(24)14-6-8-15(9-7-14)23-13(4)20-12(3)22-23/h6-9,11,16H,10H2,1-5H3,(H,19,25)(H,21,24)/t16-/m0/s1. The number of nitrogens with one attached hydrogen (secondary N) is 2. The number of hydrogen-bond acceptors (Lipinski definition) is 4. The van der Waals surface area contributed by atoms with Gasteiger partial charge in [0.2, 0.25) is 5.91 Å². The van der Waals surface area contributed by atoms with Crippen LogP contribution < -0.4 is 10.6 Å². The van der Waals surface area contributed by atoms with E-state index in [9.17, 15) is 9.59 Å². The van der Waals surface area contributed by atoms with Gasteiger partial charge in [-0.15, -0.1) is 0 Å². The fourth-order valence-corrected chi connectivity index (χ4v) is 2.64. The summed E-state index contributed by atoms with van der Waals surface area (Å²) in [4.78, 5) is 28.7. The van der Waals surface area contributed by atoms with Crippen molar-refractivity contribution in [3.8, 4) is 5.69 Å². The highest BCUT2D eigenvalue weighted by atomic mass is 16.2. The topological polar surface area (TPSA) is 88.9 Å². The average Bonchev–Trinajstić information content (AvgIpc) is 2.91. The first kappa shape index (κ1) is 18.6. The van der Waals surface area contributed by atoms with Gasteiger partial charge in [0.15, 0.2) is 0 Å². The summed E-state index contributed by atoms with van der Waals surface area (Å²) in [7, 11) is 1.57. The Labute approximate surface area is 147 Å². The Bertz CT molecular complexity index is 749. The summed E-state index contributed by atoms with van der Waals surface area (Å²) in [6.45, 7) is 7.73. The maximum atomic E-state index is 12.4. The molecule has 1 heterocycles. The second-order valence-electron chi connectivity index (χ2n) is 6.43. The SMILES string of the molecule is CNC(=O)[C@H](CC(C)C)NC(=O)c1ccc(-n2nc(C)nc2C)cc1. The zero-order chi connectivity index (χ0) is 18.6. The smallest absolute Gasteiger partial charge is 0.251 e. The lowest BCUT2D eigenvalue weighted by Gasteiger charge is -2.19. The van der Waals surface area contributed by atoms with Crippen LogP contribution in [-0.2, 0) is 4.79 Å². The summed E-state index contributed by atoms with van der Waals surface area (Å²) in [6.07, 6.45) is 0.584. The Kier molecular flexibility index (Phi) is 5.90. The van der Waals surface area contributed by atoms with Crippen LogP contribution in [0.15, 0.2) is 24.3 Å². The lowest BCUT2D eigenvalue weighted by molar-refractivity contribution is -0.122. The quantitative estimate of drug-likeness (QED) is 0.837. The first-order valence-corrected chi connectivity index (χ1v) is 8.35. The Morgan fingerprint density at radius 2 is 1.80 bits per heavy atom. The fraction of sp³-hybridized carbons (Fsp3) is 0.444. The third kappa shape index (κ3) is 4.65. The molecule has 1 aromatic carbocycles. The highest BCUT2D eigenvalue weighted by Crippen LogP contribution is 2.12. The highest BCUT2D eigenvalue weighted by Gasteiger charge is 2.21. The van der Waals surface area contributed by atoms with E-state index in [1.54, 1.807) is 23.9 Å². The highest BCUT2D eigenvalue weighted by molar-refractivity contribution is 5.97. The number of rotatable bonds is 6. The van der Waals surface area contributed by atoms with Gasteiger partial charge in [-0.3, -0.25) is 9.59 Å². The number of nitrogens with zero attached hydrogens (tertiary/aromatic N) is 3. The van der Waals surface area contributed by atoms with Gasteiger partial charge in [0.05, 0.1) is 5.69 Å². The van der Waals surface area contributed by atoms with Crippen LogP contribution in [0.2, 0.25) is 0 Å². The Hall–Kier alpha value is -2.70. The normalized spacial score (nSPS) is 12.1. The molecule has 2 rings (SSSR count). The molecule has 0 bridgehead atoms. The lowest BCUT2D eigenvalue weighted by atomic mass is 10.0. The van der Waals surface area contributed by atoms with Crippen molar-refractivity contribution >= 4 is 11.8 Å². The molecule has 0 saturated carbocycles. The van der Waals surface area contributed by atoms with E-state index in [1.807, 2.05) is 39.8 Å². The second-order valence-corrected chi connectivity index (χ2v) is 6.43. The molecule has 0 unspecified atom stereocenters. The Morgan fingerprint density at radius 1 is 1.16 bits per heavy atom. The van der Waals surface area contributed by atoms with Crippen LogP contribution in [0.4, 0.5) is 0 Å². The minimum atomic E-state index is -0.544. The van der Waals surface area contributed by atoms with Crippen molar-refractivity contribution in [3.63, 3.8) is 0 Å². The molecule has 134 valence electrons. The van der Waals surface area contributed by atoms with Crippen molar-refractivity contribution in [2.24, 2.45) is 5.92 Å². The van der Waals surface area contributed by atoms with Crippen molar-refractivity contribution in [2.75, 3.05) is 7.05 Å². The van der Waals surface area contributed by atoms with Gasteiger partial charge in [-0.1, -0.05) is 13.8 Å². The van der Waals surface area contributed by atoms with E-state index in [-0.39, 0.29) is 11.8 Å². The van der Waals surface area contributed by atoms with Gasteiger partial charge in [0.1, 0.15) is 17.7 Å². The maximum Gasteiger partial charge on any atom is 0.251 e. The van der Waals surface area contributed by atoms with Crippen LogP contribution in [0.1, 0.15) is 42.3 Å². The monoisotopic (exact) mass is 343 g/mol. The minimum Gasteiger partial charge on any atom is -0.357 e. The number of carbonyl (C=O) groups excluding carboxylic acids is 2. The van der Waals surface area contributed by atoms with E-state index >= 15 is 0 Å². The maximum absolute atomic E-state index is 12.4. The van der Waals surface area contributed by atoms with Crippen LogP contribution in [0, 0.1) is 19.8 Å². The van der Waals surface area contributed by atoms with E-state index in [4.69, 9.17) is 0 Å². The van der Waals surface area contributed by atoms with E-state index < -0.39 is 6.04 Å². The van der Waals surface area contributed by atoms with Crippen LogP contribution in [-0.4, -0.2) is 39.7 Å². The number of carbonyl (C=O) groups is 2. The van der Waals surface area contributed by atoms with Gasteiger partial charge in [-0.2, -0.15) is 5.10 Å². The van der Waals surface area contributed by atoms with Gasteiger partial charge in [0.25, 0.3) is 5.91 Å². The third-order valence-electron chi connectivity index (χ3n) is 3.82. The molecule has 1 aromatic heterocycles. The number of aromatic nitrogens is 3. The summed E-state index contributed by atoms with van der Waals surface area (Å²) < 4.78 is 1.73. The van der Waals surface area contributed by atoms with Crippen LogP contribution in [0.25, 0.3) is 5.69 Å². The summed E-state index contributed by atoms with van der Waals surface area (Å²) in [5, 5.41) is 9.72. The van der Waals surface area contributed by atoms with Crippen molar-refractivity contribution in [2.45, 2.75) is 40.2 Å². The lowest BCUT2D eigenvalue weighted by Crippen LogP contribution is -2.46. The van der Waals surface area contributed by atoms with Crippen molar-refractivity contribution in [3.05, 3.63) is 41.5 Å². The van der Waals surface area contributed by atoms with Crippen molar-refractivity contribution < 1.29 is 9.59 Å². The second kappa shape index (κ2) is 7.92. The molecular formula is C18H25N5O2. The van der Waals surface area contributed by atoms with Gasteiger partial charge in [0, 0.05) is 12.6 Å². The minimum absolute atomic E-state index is 0.188. The third-order valence-corrected chi connectivity index (χ3v) is 3.82. The van der Waals surface area contributed by atoms with Crippen LogP contribution in [0.3, 0.4) is 0 Å². The molecule has 7 nitrogen and oxygen atoms in total. The number of aryl methyl sites for hydroxylation is 2. The molecular weight excluding hydrogens is 318 g/mol.